The average Bonchev–Trinajstić information content (AvgIpc) is 2.45. The van der Waals surface area contributed by atoms with E-state index in [1.165, 1.54) is 0 Å². The molecule has 1 aromatic carbocycles. The maximum absolute atomic E-state index is 5.90. The van der Waals surface area contributed by atoms with Gasteiger partial charge in [0.05, 0.1) is 21.3 Å². The summed E-state index contributed by atoms with van der Waals surface area (Å²) in [5.41, 5.74) is 1.85. The largest absolute Gasteiger partial charge is 0.493 e. The molecular weight excluding hydrogens is 266 g/mol. The average molecular weight is 280 g/mol. The fraction of sp³-hybridized carbons (Fsp3) is 0.214. The van der Waals surface area contributed by atoms with Gasteiger partial charge in [0, 0.05) is 6.20 Å². The Bertz CT molecular complexity index is 562. The first-order valence-corrected chi connectivity index (χ1v) is 5.99. The minimum absolute atomic E-state index is 0.436. The van der Waals surface area contributed by atoms with Crippen molar-refractivity contribution in [3.05, 3.63) is 35.6 Å². The van der Waals surface area contributed by atoms with Crippen LogP contribution in [0.5, 0.6) is 17.2 Å². The zero-order chi connectivity index (χ0) is 13.8. The van der Waals surface area contributed by atoms with E-state index in [2.05, 4.69) is 4.98 Å². The highest BCUT2D eigenvalue weighted by Crippen LogP contribution is 2.41. The zero-order valence-electron chi connectivity index (χ0n) is 10.9. The Morgan fingerprint density at radius 3 is 2.00 bits per heavy atom. The van der Waals surface area contributed by atoms with Gasteiger partial charge in [-0.3, -0.25) is 0 Å². The molecule has 0 bridgehead atoms. The number of aromatic nitrogens is 1. The Balaban J connectivity index is 2.59. The molecule has 1 heterocycles. The first-order valence-electron chi connectivity index (χ1n) is 5.61. The van der Waals surface area contributed by atoms with Crippen LogP contribution in [0, 0.1) is 0 Å². The lowest BCUT2D eigenvalue weighted by Crippen LogP contribution is -1.95. The molecule has 0 aliphatic rings. The highest BCUT2D eigenvalue weighted by Gasteiger charge is 2.14. The van der Waals surface area contributed by atoms with Gasteiger partial charge in [0.2, 0.25) is 5.75 Å². The highest BCUT2D eigenvalue weighted by molar-refractivity contribution is 6.29. The predicted octanol–water partition coefficient (Wildman–Crippen LogP) is 3.43. The van der Waals surface area contributed by atoms with E-state index in [1.54, 1.807) is 33.6 Å². The van der Waals surface area contributed by atoms with E-state index >= 15 is 0 Å². The van der Waals surface area contributed by atoms with E-state index in [9.17, 15) is 0 Å². The lowest BCUT2D eigenvalue weighted by Gasteiger charge is -2.14. The third kappa shape index (κ3) is 2.74. The number of hydrogen-bond acceptors (Lipinski definition) is 4. The molecule has 0 aliphatic heterocycles. The van der Waals surface area contributed by atoms with Crippen molar-refractivity contribution in [2.24, 2.45) is 0 Å². The van der Waals surface area contributed by atoms with Crippen molar-refractivity contribution >= 4 is 11.6 Å². The summed E-state index contributed by atoms with van der Waals surface area (Å²) in [5, 5.41) is 0.436. The minimum Gasteiger partial charge on any atom is -0.493 e. The van der Waals surface area contributed by atoms with Crippen LogP contribution in [0.1, 0.15) is 0 Å². The number of halogens is 1. The summed E-state index contributed by atoms with van der Waals surface area (Å²) >= 11 is 5.90. The number of benzene rings is 1. The summed E-state index contributed by atoms with van der Waals surface area (Å²) in [4.78, 5) is 3.96. The molecule has 2 rings (SSSR count). The van der Waals surface area contributed by atoms with Crippen LogP contribution in [-0.4, -0.2) is 26.3 Å². The molecule has 0 N–H and O–H groups in total. The first-order chi connectivity index (χ1) is 9.19. The first kappa shape index (κ1) is 13.5. The Morgan fingerprint density at radius 1 is 0.895 bits per heavy atom. The molecule has 19 heavy (non-hydrogen) atoms. The topological polar surface area (TPSA) is 40.6 Å². The van der Waals surface area contributed by atoms with Gasteiger partial charge in [0.15, 0.2) is 11.5 Å². The molecule has 0 fully saturated rings. The number of rotatable bonds is 4. The molecule has 1 aromatic heterocycles. The van der Waals surface area contributed by atoms with Crippen molar-refractivity contribution in [2.75, 3.05) is 21.3 Å². The lowest BCUT2D eigenvalue weighted by atomic mass is 10.1. The molecule has 5 heteroatoms. The van der Waals surface area contributed by atoms with E-state index in [4.69, 9.17) is 25.8 Å². The molecule has 0 spiro atoms. The summed E-state index contributed by atoms with van der Waals surface area (Å²) in [6.07, 6.45) is 1.65. The summed E-state index contributed by atoms with van der Waals surface area (Å²) in [5.74, 6) is 1.77. The molecular formula is C14H14ClNO3. The van der Waals surface area contributed by atoms with Gasteiger partial charge < -0.3 is 14.2 Å². The zero-order valence-corrected chi connectivity index (χ0v) is 11.7. The van der Waals surface area contributed by atoms with Crippen molar-refractivity contribution < 1.29 is 14.2 Å². The Morgan fingerprint density at radius 2 is 1.53 bits per heavy atom. The van der Waals surface area contributed by atoms with E-state index in [-0.39, 0.29) is 0 Å². The molecule has 0 aliphatic carbocycles. The summed E-state index contributed by atoms with van der Waals surface area (Å²) in [7, 11) is 4.74. The maximum Gasteiger partial charge on any atom is 0.203 e. The molecule has 2 aromatic rings. The van der Waals surface area contributed by atoms with Crippen molar-refractivity contribution in [1.82, 2.24) is 4.98 Å². The summed E-state index contributed by atoms with van der Waals surface area (Å²) in [6.45, 7) is 0. The van der Waals surface area contributed by atoms with Gasteiger partial charge >= 0.3 is 0 Å². The third-order valence-corrected chi connectivity index (χ3v) is 2.93. The van der Waals surface area contributed by atoms with Gasteiger partial charge in [0.1, 0.15) is 5.15 Å². The lowest BCUT2D eigenvalue weighted by molar-refractivity contribution is 0.324. The summed E-state index contributed by atoms with van der Waals surface area (Å²) in [6, 6.07) is 7.38. The van der Waals surface area contributed by atoms with Gasteiger partial charge in [-0.15, -0.1) is 0 Å². The van der Waals surface area contributed by atoms with Crippen LogP contribution in [0.2, 0.25) is 5.15 Å². The van der Waals surface area contributed by atoms with Crippen LogP contribution in [0.25, 0.3) is 11.1 Å². The summed E-state index contributed by atoms with van der Waals surface area (Å²) < 4.78 is 15.9. The van der Waals surface area contributed by atoms with E-state index in [0.29, 0.717) is 22.4 Å². The van der Waals surface area contributed by atoms with Gasteiger partial charge in [-0.1, -0.05) is 11.6 Å². The Labute approximate surface area is 116 Å². The molecule has 0 saturated heterocycles. The normalized spacial score (nSPS) is 10.1. The van der Waals surface area contributed by atoms with Crippen LogP contribution in [-0.2, 0) is 0 Å². The minimum atomic E-state index is 0.436. The number of pyridine rings is 1. The van der Waals surface area contributed by atoms with Crippen molar-refractivity contribution in [2.45, 2.75) is 0 Å². The molecule has 0 atom stereocenters. The maximum atomic E-state index is 5.90. The van der Waals surface area contributed by atoms with E-state index in [0.717, 1.165) is 11.1 Å². The number of ether oxygens (including phenoxy) is 3. The second-order valence-corrected chi connectivity index (χ2v) is 4.17. The van der Waals surface area contributed by atoms with Crippen molar-refractivity contribution in [1.29, 1.82) is 0 Å². The highest BCUT2D eigenvalue weighted by atomic mass is 35.5. The van der Waals surface area contributed by atoms with Gasteiger partial charge in [-0.2, -0.15) is 0 Å². The molecule has 0 radical (unpaired) electrons. The number of nitrogens with zero attached hydrogens (tertiary/aromatic N) is 1. The van der Waals surface area contributed by atoms with E-state index < -0.39 is 0 Å². The fourth-order valence-electron chi connectivity index (χ4n) is 1.83. The third-order valence-electron chi connectivity index (χ3n) is 2.72. The van der Waals surface area contributed by atoms with Crippen LogP contribution >= 0.6 is 11.6 Å². The van der Waals surface area contributed by atoms with Gasteiger partial charge in [-0.25, -0.2) is 4.98 Å². The second kappa shape index (κ2) is 5.80. The predicted molar refractivity (Wildman–Crippen MR) is 74.3 cm³/mol. The van der Waals surface area contributed by atoms with Gasteiger partial charge in [0.25, 0.3) is 0 Å². The number of hydrogen-bond donors (Lipinski definition) is 0. The Hall–Kier alpha value is -1.94. The molecule has 0 saturated carbocycles. The van der Waals surface area contributed by atoms with Crippen LogP contribution in [0.3, 0.4) is 0 Å². The SMILES string of the molecule is COc1cc(-c2ccnc(Cl)c2)cc(OC)c1OC. The quantitative estimate of drug-likeness (QED) is 0.804. The van der Waals surface area contributed by atoms with Crippen LogP contribution < -0.4 is 14.2 Å². The van der Waals surface area contributed by atoms with Gasteiger partial charge in [-0.05, 0) is 35.4 Å². The molecule has 100 valence electrons. The second-order valence-electron chi connectivity index (χ2n) is 3.78. The number of methoxy groups -OCH3 is 3. The monoisotopic (exact) mass is 279 g/mol. The smallest absolute Gasteiger partial charge is 0.203 e. The van der Waals surface area contributed by atoms with Crippen LogP contribution in [0.4, 0.5) is 0 Å². The molecule has 4 nitrogen and oxygen atoms in total. The van der Waals surface area contributed by atoms with Crippen molar-refractivity contribution in [3.63, 3.8) is 0 Å². The van der Waals surface area contributed by atoms with Crippen molar-refractivity contribution in [3.8, 4) is 28.4 Å². The van der Waals surface area contributed by atoms with Crippen LogP contribution in [0.15, 0.2) is 30.5 Å². The molecule has 0 unspecified atom stereocenters. The fourth-order valence-corrected chi connectivity index (χ4v) is 2.00. The molecule has 0 amide bonds. The Kier molecular flexibility index (Phi) is 4.12. The van der Waals surface area contributed by atoms with E-state index in [1.807, 2.05) is 18.2 Å². The standard InChI is InChI=1S/C14H14ClNO3/c1-17-11-6-10(7-12(18-2)14(11)19-3)9-4-5-16-13(15)8-9/h4-8H,1-3H3.